The molecule has 0 aromatic heterocycles. The van der Waals surface area contributed by atoms with Gasteiger partial charge < -0.3 is 24.8 Å². The second kappa shape index (κ2) is 9.95. The predicted octanol–water partition coefficient (Wildman–Crippen LogP) is 0.269. The average Bonchev–Trinajstić information content (AvgIpc) is 3.19. The molecular formula is C26H29Cl2SiZr. The normalized spacial score (nSPS) is 13.7. The SMILES string of the molecule is CC(C)(C)[Si](=c1ccc2c(c1C1=CC=CC1)[C-]=c1ccccc1=2)C(C)(C)C.[Cl-].[Cl-].[Zr+3]. The van der Waals surface area contributed by atoms with E-state index in [-0.39, 0.29) is 61.1 Å². The van der Waals surface area contributed by atoms with Crippen molar-refractivity contribution in [2.45, 2.75) is 58.0 Å². The van der Waals surface area contributed by atoms with Gasteiger partial charge in [-0.25, -0.2) is 0 Å². The molecule has 0 aliphatic heterocycles. The molecule has 0 spiro atoms. The fourth-order valence-electron chi connectivity index (χ4n) is 5.03. The molecule has 0 saturated carbocycles. The third-order valence-electron chi connectivity index (χ3n) is 5.54. The van der Waals surface area contributed by atoms with Crippen molar-refractivity contribution in [1.29, 1.82) is 0 Å². The van der Waals surface area contributed by atoms with Gasteiger partial charge in [-0.3, -0.25) is 0 Å². The molecule has 30 heavy (non-hydrogen) atoms. The van der Waals surface area contributed by atoms with E-state index in [1.807, 2.05) is 0 Å². The Morgan fingerprint density at radius 1 is 0.833 bits per heavy atom. The van der Waals surface area contributed by atoms with Gasteiger partial charge in [-0.15, -0.1) is 33.4 Å². The van der Waals surface area contributed by atoms with E-state index in [9.17, 15) is 0 Å². The van der Waals surface area contributed by atoms with E-state index in [1.165, 1.54) is 32.4 Å². The van der Waals surface area contributed by atoms with Gasteiger partial charge in [0.05, 0.1) is 0 Å². The van der Waals surface area contributed by atoms with E-state index in [2.05, 4.69) is 102 Å². The summed E-state index contributed by atoms with van der Waals surface area (Å²) >= 11 is 0. The maximum Gasteiger partial charge on any atom is 3.00 e. The molecule has 0 amide bonds. The Hall–Kier alpha value is -0.530. The zero-order valence-electron chi connectivity index (χ0n) is 18.7. The smallest absolute Gasteiger partial charge is 1.00 e. The van der Waals surface area contributed by atoms with Gasteiger partial charge in [0.1, 0.15) is 0 Å². The van der Waals surface area contributed by atoms with Crippen LogP contribution in [0.15, 0.2) is 54.6 Å². The van der Waals surface area contributed by atoms with E-state index in [4.69, 9.17) is 0 Å². The Morgan fingerprint density at radius 3 is 2.03 bits per heavy atom. The Kier molecular flexibility index (Phi) is 9.12. The van der Waals surface area contributed by atoms with Crippen LogP contribution in [0.5, 0.6) is 0 Å². The third-order valence-corrected chi connectivity index (χ3v) is 9.50. The van der Waals surface area contributed by atoms with Crippen molar-refractivity contribution < 1.29 is 51.0 Å². The first-order valence-corrected chi connectivity index (χ1v) is 11.5. The summed E-state index contributed by atoms with van der Waals surface area (Å²) in [6.45, 7) is 14.5. The molecule has 2 aliphatic carbocycles. The van der Waals surface area contributed by atoms with Crippen LogP contribution < -0.4 is 30.0 Å². The van der Waals surface area contributed by atoms with Crippen LogP contribution in [0.4, 0.5) is 0 Å². The largest absolute Gasteiger partial charge is 3.00 e. The minimum absolute atomic E-state index is 0. The molecule has 0 unspecified atom stereocenters. The molecule has 0 fully saturated rings. The molecule has 0 bridgehead atoms. The molecule has 0 nitrogen and oxygen atoms in total. The van der Waals surface area contributed by atoms with Crippen LogP contribution in [0.3, 0.4) is 0 Å². The molecule has 4 heteroatoms. The quantitative estimate of drug-likeness (QED) is 0.313. The summed E-state index contributed by atoms with van der Waals surface area (Å²) < 4.78 is 0. The monoisotopic (exact) mass is 529 g/mol. The number of benzene rings is 2. The summed E-state index contributed by atoms with van der Waals surface area (Å²) in [5.41, 5.74) is 4.24. The summed E-state index contributed by atoms with van der Waals surface area (Å²) in [5.74, 6) is 0. The van der Waals surface area contributed by atoms with Crippen LogP contribution in [-0.4, -0.2) is 8.41 Å². The third kappa shape index (κ3) is 4.93. The standard InChI is InChI=1S/C26H29Si.2ClH.Zr/c1-25(2,3)27(26(4,5)6)23-16-15-21-20-14-10-9-13-19(20)17-22(21)24(23)18-11-7-8-12-18;;;/h7-11,13-16H,12H2,1-6H3;2*1H;/q-1;;;+3/p-2. The van der Waals surface area contributed by atoms with Crippen molar-refractivity contribution in [3.05, 3.63) is 86.2 Å². The van der Waals surface area contributed by atoms with Gasteiger partial charge in [-0.05, 0) is 16.5 Å². The number of hydrogen-bond donors (Lipinski definition) is 0. The van der Waals surface area contributed by atoms with Crippen LogP contribution in [0.1, 0.15) is 59.1 Å². The zero-order valence-corrected chi connectivity index (χ0v) is 23.6. The van der Waals surface area contributed by atoms with Crippen LogP contribution in [0.2, 0.25) is 10.1 Å². The second-order valence-corrected chi connectivity index (χ2v) is 14.1. The van der Waals surface area contributed by atoms with Crippen LogP contribution in [0, 0.1) is 15.3 Å². The van der Waals surface area contributed by atoms with Gasteiger partial charge >= 0.3 is 26.2 Å². The van der Waals surface area contributed by atoms with E-state index in [1.54, 1.807) is 4.81 Å². The molecular weight excluding hydrogens is 503 g/mol. The van der Waals surface area contributed by atoms with Gasteiger partial charge in [0.25, 0.3) is 0 Å². The fourth-order valence-corrected chi connectivity index (χ4v) is 9.68. The van der Waals surface area contributed by atoms with Gasteiger partial charge in [0.15, 0.2) is 0 Å². The van der Waals surface area contributed by atoms with Crippen LogP contribution >= 0.6 is 0 Å². The van der Waals surface area contributed by atoms with Crippen LogP contribution in [0.25, 0.3) is 11.6 Å². The van der Waals surface area contributed by atoms with Crippen molar-refractivity contribution >= 4 is 20.1 Å². The van der Waals surface area contributed by atoms with Gasteiger partial charge in [0.2, 0.25) is 0 Å². The first-order chi connectivity index (χ1) is 12.7. The van der Waals surface area contributed by atoms with E-state index in [0.717, 1.165) is 6.42 Å². The molecule has 155 valence electrons. The summed E-state index contributed by atoms with van der Waals surface area (Å²) in [6.07, 6.45) is 11.6. The van der Waals surface area contributed by atoms with Crippen molar-refractivity contribution in [3.63, 3.8) is 0 Å². The molecule has 0 atom stereocenters. The number of rotatable bonds is 1. The van der Waals surface area contributed by atoms with E-state index < -0.39 is 8.41 Å². The van der Waals surface area contributed by atoms with Crippen molar-refractivity contribution in [1.82, 2.24) is 0 Å². The van der Waals surface area contributed by atoms with Gasteiger partial charge in [-0.2, -0.15) is 0 Å². The molecule has 2 aromatic rings. The Bertz CT molecular complexity index is 1190. The average molecular weight is 532 g/mol. The molecule has 4 rings (SSSR count). The van der Waals surface area contributed by atoms with Crippen molar-refractivity contribution in [3.8, 4) is 0 Å². The van der Waals surface area contributed by atoms with E-state index in [0.29, 0.717) is 0 Å². The summed E-state index contributed by atoms with van der Waals surface area (Å²) in [5, 5.41) is 4.47. The number of hydrogen-bond acceptors (Lipinski definition) is 0. The van der Waals surface area contributed by atoms with Gasteiger partial charge in [0, 0.05) is 8.41 Å². The van der Waals surface area contributed by atoms with Crippen molar-refractivity contribution in [2.24, 2.45) is 0 Å². The zero-order chi connectivity index (χ0) is 19.4. The second-order valence-electron chi connectivity index (χ2n) is 9.78. The molecule has 2 aromatic carbocycles. The number of fused-ring (bicyclic) bond motifs is 2. The molecule has 0 N–H and O–H groups in total. The number of allylic oxidation sites excluding steroid dienone is 4. The molecule has 0 saturated heterocycles. The first kappa shape index (κ1) is 27.5. The van der Waals surface area contributed by atoms with E-state index >= 15 is 0 Å². The van der Waals surface area contributed by atoms with Gasteiger partial charge in [-0.1, -0.05) is 106 Å². The first-order valence-electron chi connectivity index (χ1n) is 9.96. The molecule has 2 aliphatic rings. The Labute approximate surface area is 214 Å². The minimum atomic E-state index is -0.835. The minimum Gasteiger partial charge on any atom is -1.00 e. The van der Waals surface area contributed by atoms with Crippen LogP contribution in [-0.2, 0) is 26.2 Å². The fraction of sp³-hybridized carbons (Fsp3) is 0.346. The predicted molar refractivity (Wildman–Crippen MR) is 118 cm³/mol. The maximum atomic E-state index is 3.77. The Morgan fingerprint density at radius 2 is 1.47 bits per heavy atom. The number of halogens is 2. The molecule has 1 radical (unpaired) electrons. The summed E-state index contributed by atoms with van der Waals surface area (Å²) in [6, 6.07) is 13.5. The molecule has 0 heterocycles. The summed E-state index contributed by atoms with van der Waals surface area (Å²) in [4.78, 5) is 1.58. The topological polar surface area (TPSA) is 0 Å². The maximum absolute atomic E-state index is 3.77. The Balaban J connectivity index is 0.00000150. The summed E-state index contributed by atoms with van der Waals surface area (Å²) in [7, 11) is -0.835. The van der Waals surface area contributed by atoms with Crippen molar-refractivity contribution in [2.75, 3.05) is 0 Å².